The van der Waals surface area contributed by atoms with Crippen molar-refractivity contribution in [2.45, 2.75) is 20.3 Å². The molecule has 0 aliphatic carbocycles. The van der Waals surface area contributed by atoms with Gasteiger partial charge in [-0.1, -0.05) is 18.7 Å². The molecule has 0 unspecified atom stereocenters. The van der Waals surface area contributed by atoms with Crippen molar-refractivity contribution in [1.82, 2.24) is 4.90 Å². The van der Waals surface area contributed by atoms with Crippen molar-refractivity contribution in [2.24, 2.45) is 0 Å². The molecule has 0 bridgehead atoms. The van der Waals surface area contributed by atoms with Crippen LogP contribution >= 0.6 is 0 Å². The second-order valence-corrected chi connectivity index (χ2v) is 3.84. The number of hydrogen-bond donors (Lipinski definition) is 0. The zero-order chi connectivity index (χ0) is 12.8. The first-order valence-electron chi connectivity index (χ1n) is 5.80. The van der Waals surface area contributed by atoms with Crippen LogP contribution in [0.25, 0.3) is 6.08 Å². The molecule has 17 heavy (non-hydrogen) atoms. The van der Waals surface area contributed by atoms with E-state index in [0.29, 0.717) is 24.2 Å². The number of likely N-dealkylation sites (N-methyl/N-ethyl adjacent to an activating group) is 1. The maximum absolute atomic E-state index is 13.3. The number of carbonyl (C=O) groups excluding carboxylic acids is 1. The van der Waals surface area contributed by atoms with Crippen LogP contribution in [0.5, 0.6) is 0 Å². The van der Waals surface area contributed by atoms with Gasteiger partial charge in [-0.15, -0.1) is 0 Å². The Balaban J connectivity index is 2.84. The lowest BCUT2D eigenvalue weighted by molar-refractivity contribution is -0.130. The largest absolute Gasteiger partial charge is 0.343 e. The van der Waals surface area contributed by atoms with E-state index >= 15 is 0 Å². The standard InChI is InChI=1S/C14H18FNO/c1-4-11-7-12(9-13(15)8-11)10-14(17)16(5-2)6-3/h4,7-9H,1,5-6,10H2,2-3H3. The van der Waals surface area contributed by atoms with Crippen LogP contribution in [0.4, 0.5) is 4.39 Å². The number of carbonyl (C=O) groups is 1. The second-order valence-electron chi connectivity index (χ2n) is 3.84. The molecule has 0 aliphatic heterocycles. The molecular formula is C14H18FNO. The van der Waals surface area contributed by atoms with Crippen molar-refractivity contribution in [3.05, 3.63) is 41.7 Å². The molecule has 0 heterocycles. The summed E-state index contributed by atoms with van der Waals surface area (Å²) in [6.45, 7) is 8.82. The first-order chi connectivity index (χ1) is 8.10. The Morgan fingerprint density at radius 2 is 2.00 bits per heavy atom. The Kier molecular flexibility index (Phi) is 4.88. The van der Waals surface area contributed by atoms with Gasteiger partial charge in [-0.25, -0.2) is 4.39 Å². The van der Waals surface area contributed by atoms with Crippen LogP contribution in [-0.4, -0.2) is 23.9 Å². The molecule has 0 N–H and O–H groups in total. The van der Waals surface area contributed by atoms with E-state index in [4.69, 9.17) is 0 Å². The molecule has 0 saturated carbocycles. The normalized spacial score (nSPS) is 10.1. The minimum Gasteiger partial charge on any atom is -0.343 e. The summed E-state index contributed by atoms with van der Waals surface area (Å²) in [7, 11) is 0. The first kappa shape index (κ1) is 13.4. The summed E-state index contributed by atoms with van der Waals surface area (Å²) < 4.78 is 13.3. The fourth-order valence-electron chi connectivity index (χ4n) is 1.76. The highest BCUT2D eigenvalue weighted by atomic mass is 19.1. The SMILES string of the molecule is C=Cc1cc(F)cc(CC(=O)N(CC)CC)c1. The minimum absolute atomic E-state index is 0.0237. The Hall–Kier alpha value is -1.64. The molecule has 0 saturated heterocycles. The van der Waals surface area contributed by atoms with Gasteiger partial charge in [-0.05, 0) is 37.1 Å². The van der Waals surface area contributed by atoms with Crippen LogP contribution in [0.1, 0.15) is 25.0 Å². The summed E-state index contributed by atoms with van der Waals surface area (Å²) >= 11 is 0. The predicted octanol–water partition coefficient (Wildman–Crippen LogP) is 2.88. The fraction of sp³-hybridized carbons (Fsp3) is 0.357. The number of nitrogens with zero attached hydrogens (tertiary/aromatic N) is 1. The topological polar surface area (TPSA) is 20.3 Å². The van der Waals surface area contributed by atoms with E-state index in [2.05, 4.69) is 6.58 Å². The molecule has 1 aromatic rings. The number of halogens is 1. The van der Waals surface area contributed by atoms with Gasteiger partial charge in [-0.3, -0.25) is 4.79 Å². The third-order valence-electron chi connectivity index (χ3n) is 2.69. The van der Waals surface area contributed by atoms with Crippen LogP contribution in [0, 0.1) is 5.82 Å². The molecule has 2 nitrogen and oxygen atoms in total. The van der Waals surface area contributed by atoms with E-state index < -0.39 is 0 Å². The number of amides is 1. The summed E-state index contributed by atoms with van der Waals surface area (Å²) in [6, 6.07) is 4.59. The van der Waals surface area contributed by atoms with Gasteiger partial charge >= 0.3 is 0 Å². The van der Waals surface area contributed by atoms with Gasteiger partial charge in [0.15, 0.2) is 0 Å². The van der Waals surface area contributed by atoms with Crippen LogP contribution in [0.15, 0.2) is 24.8 Å². The van der Waals surface area contributed by atoms with E-state index in [9.17, 15) is 9.18 Å². The van der Waals surface area contributed by atoms with E-state index in [1.54, 1.807) is 17.0 Å². The molecular weight excluding hydrogens is 217 g/mol. The Morgan fingerprint density at radius 1 is 1.35 bits per heavy atom. The molecule has 1 aromatic carbocycles. The smallest absolute Gasteiger partial charge is 0.226 e. The quantitative estimate of drug-likeness (QED) is 0.768. The monoisotopic (exact) mass is 235 g/mol. The Morgan fingerprint density at radius 3 is 2.53 bits per heavy atom. The van der Waals surface area contributed by atoms with Crippen LogP contribution in [0.2, 0.25) is 0 Å². The zero-order valence-electron chi connectivity index (χ0n) is 10.4. The highest BCUT2D eigenvalue weighted by Gasteiger charge is 2.11. The maximum atomic E-state index is 13.3. The predicted molar refractivity (Wildman–Crippen MR) is 68.1 cm³/mol. The summed E-state index contributed by atoms with van der Waals surface area (Å²) in [5.74, 6) is -0.305. The van der Waals surface area contributed by atoms with Gasteiger partial charge in [-0.2, -0.15) is 0 Å². The van der Waals surface area contributed by atoms with Crippen LogP contribution in [0.3, 0.4) is 0 Å². The fourth-order valence-corrected chi connectivity index (χ4v) is 1.76. The average Bonchev–Trinajstić information content (AvgIpc) is 2.29. The summed E-state index contributed by atoms with van der Waals surface area (Å²) in [5.41, 5.74) is 1.39. The molecule has 0 atom stereocenters. The third-order valence-corrected chi connectivity index (χ3v) is 2.69. The van der Waals surface area contributed by atoms with Crippen molar-refractivity contribution < 1.29 is 9.18 Å². The maximum Gasteiger partial charge on any atom is 0.226 e. The van der Waals surface area contributed by atoms with Crippen molar-refractivity contribution in [1.29, 1.82) is 0 Å². The Bertz CT molecular complexity index is 411. The summed E-state index contributed by atoms with van der Waals surface area (Å²) in [4.78, 5) is 13.6. The highest BCUT2D eigenvalue weighted by Crippen LogP contribution is 2.12. The lowest BCUT2D eigenvalue weighted by atomic mass is 10.1. The van der Waals surface area contributed by atoms with Gasteiger partial charge in [0.25, 0.3) is 0 Å². The van der Waals surface area contributed by atoms with Crippen LogP contribution in [-0.2, 0) is 11.2 Å². The molecule has 1 amide bonds. The first-order valence-corrected chi connectivity index (χ1v) is 5.80. The molecule has 0 spiro atoms. The molecule has 3 heteroatoms. The molecule has 0 fully saturated rings. The van der Waals surface area contributed by atoms with E-state index in [1.807, 2.05) is 13.8 Å². The molecule has 0 aromatic heterocycles. The molecule has 92 valence electrons. The van der Waals surface area contributed by atoms with Crippen molar-refractivity contribution in [3.8, 4) is 0 Å². The lowest BCUT2D eigenvalue weighted by Crippen LogP contribution is -2.31. The second kappa shape index (κ2) is 6.18. The van der Waals surface area contributed by atoms with Crippen molar-refractivity contribution in [2.75, 3.05) is 13.1 Å². The van der Waals surface area contributed by atoms with E-state index in [0.717, 1.165) is 0 Å². The lowest BCUT2D eigenvalue weighted by Gasteiger charge is -2.18. The van der Waals surface area contributed by atoms with E-state index in [-0.39, 0.29) is 18.1 Å². The van der Waals surface area contributed by atoms with Crippen molar-refractivity contribution >= 4 is 12.0 Å². The molecule has 0 aliphatic rings. The Labute approximate surface area is 102 Å². The van der Waals surface area contributed by atoms with Gasteiger partial charge in [0, 0.05) is 13.1 Å². The third kappa shape index (κ3) is 3.70. The van der Waals surface area contributed by atoms with Gasteiger partial charge in [0.2, 0.25) is 5.91 Å². The summed E-state index contributed by atoms with van der Waals surface area (Å²) in [6.07, 6.45) is 1.81. The minimum atomic E-state index is -0.329. The number of benzene rings is 1. The average molecular weight is 235 g/mol. The molecule has 1 rings (SSSR count). The van der Waals surface area contributed by atoms with Gasteiger partial charge < -0.3 is 4.90 Å². The molecule has 0 radical (unpaired) electrons. The highest BCUT2D eigenvalue weighted by molar-refractivity contribution is 5.79. The van der Waals surface area contributed by atoms with Gasteiger partial charge in [0.1, 0.15) is 5.82 Å². The van der Waals surface area contributed by atoms with Gasteiger partial charge in [0.05, 0.1) is 6.42 Å². The van der Waals surface area contributed by atoms with Crippen LogP contribution < -0.4 is 0 Å². The summed E-state index contributed by atoms with van der Waals surface area (Å²) in [5, 5.41) is 0. The zero-order valence-corrected chi connectivity index (χ0v) is 10.4. The van der Waals surface area contributed by atoms with E-state index in [1.165, 1.54) is 12.1 Å². The number of hydrogen-bond acceptors (Lipinski definition) is 1. The van der Waals surface area contributed by atoms with Crippen molar-refractivity contribution in [3.63, 3.8) is 0 Å². The number of rotatable bonds is 5.